The van der Waals surface area contributed by atoms with E-state index in [0.29, 0.717) is 12.1 Å². The topological polar surface area (TPSA) is 21.3 Å². The molecule has 2 nitrogen and oxygen atoms in total. The highest BCUT2D eigenvalue weighted by Gasteiger charge is 2.15. The molecule has 0 aromatic heterocycles. The Morgan fingerprint density at radius 1 is 1.10 bits per heavy atom. The second-order valence-corrected chi connectivity index (χ2v) is 5.62. The predicted octanol–water partition coefficient (Wildman–Crippen LogP) is 5.09. The third kappa shape index (κ3) is 5.54. The molecule has 1 aromatic carbocycles. The lowest BCUT2D eigenvalue weighted by Crippen LogP contribution is -2.30. The first kappa shape index (κ1) is 17.0. The fourth-order valence-corrected chi connectivity index (χ4v) is 2.69. The van der Waals surface area contributed by atoms with Crippen LogP contribution in [0.1, 0.15) is 70.9 Å². The van der Waals surface area contributed by atoms with Gasteiger partial charge < -0.3 is 10.1 Å². The minimum atomic E-state index is 0.382. The maximum Gasteiger partial charge on any atom is 0.123 e. The molecule has 0 radical (unpaired) electrons. The minimum absolute atomic E-state index is 0.382. The van der Waals surface area contributed by atoms with Gasteiger partial charge in [0.1, 0.15) is 5.75 Å². The summed E-state index contributed by atoms with van der Waals surface area (Å²) in [6, 6.07) is 9.28. The Balaban J connectivity index is 2.53. The first-order valence-electron chi connectivity index (χ1n) is 8.11. The van der Waals surface area contributed by atoms with Crippen molar-refractivity contribution < 1.29 is 4.74 Å². The van der Waals surface area contributed by atoms with Crippen LogP contribution in [0, 0.1) is 0 Å². The van der Waals surface area contributed by atoms with Gasteiger partial charge in [-0.2, -0.15) is 0 Å². The Kier molecular flexibility index (Phi) is 8.36. The van der Waals surface area contributed by atoms with Crippen LogP contribution in [0.25, 0.3) is 0 Å². The number of para-hydroxylation sites is 1. The molecule has 1 rings (SSSR count). The molecule has 0 heterocycles. The number of hydrogen-bond acceptors (Lipinski definition) is 2. The van der Waals surface area contributed by atoms with E-state index in [1.807, 2.05) is 12.1 Å². The maximum absolute atomic E-state index is 5.48. The number of ether oxygens (including phenoxy) is 1. The number of rotatable bonds is 10. The van der Waals surface area contributed by atoms with Crippen molar-refractivity contribution in [2.75, 3.05) is 7.11 Å². The van der Waals surface area contributed by atoms with E-state index in [-0.39, 0.29) is 0 Å². The number of hydrogen-bond donors (Lipinski definition) is 1. The standard InChI is InChI=1S/C18H31NO/c1-5-7-8-9-12-15(3)19-17(6-2)16-13-10-11-14-18(16)20-4/h10-11,13-15,17,19H,5-9,12H2,1-4H3. The highest BCUT2D eigenvalue weighted by Crippen LogP contribution is 2.27. The van der Waals surface area contributed by atoms with Crippen molar-refractivity contribution in [1.29, 1.82) is 0 Å². The summed E-state index contributed by atoms with van der Waals surface area (Å²) >= 11 is 0. The fourth-order valence-electron chi connectivity index (χ4n) is 2.69. The third-order valence-corrected chi connectivity index (χ3v) is 3.90. The summed E-state index contributed by atoms with van der Waals surface area (Å²) in [4.78, 5) is 0. The lowest BCUT2D eigenvalue weighted by molar-refractivity contribution is 0.378. The van der Waals surface area contributed by atoms with Crippen LogP contribution in [0.2, 0.25) is 0 Å². The van der Waals surface area contributed by atoms with Crippen molar-refractivity contribution in [2.45, 2.75) is 71.4 Å². The van der Waals surface area contributed by atoms with Gasteiger partial charge in [-0.25, -0.2) is 0 Å². The van der Waals surface area contributed by atoms with Crippen LogP contribution in [0.4, 0.5) is 0 Å². The van der Waals surface area contributed by atoms with Crippen LogP contribution in [-0.4, -0.2) is 13.2 Å². The summed E-state index contributed by atoms with van der Waals surface area (Å²) in [7, 11) is 1.75. The van der Waals surface area contributed by atoms with E-state index in [1.54, 1.807) is 7.11 Å². The second-order valence-electron chi connectivity index (χ2n) is 5.62. The molecule has 0 bridgehead atoms. The van der Waals surface area contributed by atoms with E-state index in [2.05, 4.69) is 38.2 Å². The van der Waals surface area contributed by atoms with E-state index < -0.39 is 0 Å². The molecular weight excluding hydrogens is 246 g/mol. The summed E-state index contributed by atoms with van der Waals surface area (Å²) in [5, 5.41) is 3.75. The van der Waals surface area contributed by atoms with Crippen LogP contribution >= 0.6 is 0 Å². The predicted molar refractivity (Wildman–Crippen MR) is 87.4 cm³/mol. The largest absolute Gasteiger partial charge is 0.496 e. The van der Waals surface area contributed by atoms with Gasteiger partial charge in [0.05, 0.1) is 7.11 Å². The van der Waals surface area contributed by atoms with Gasteiger partial charge in [0.2, 0.25) is 0 Å². The molecular formula is C18H31NO. The van der Waals surface area contributed by atoms with Crippen molar-refractivity contribution in [3.8, 4) is 5.75 Å². The van der Waals surface area contributed by atoms with Crippen LogP contribution in [0.5, 0.6) is 5.75 Å². The van der Waals surface area contributed by atoms with Crippen molar-refractivity contribution in [3.63, 3.8) is 0 Å². The molecule has 1 N–H and O–H groups in total. The van der Waals surface area contributed by atoms with Crippen molar-refractivity contribution in [3.05, 3.63) is 29.8 Å². The third-order valence-electron chi connectivity index (χ3n) is 3.90. The molecule has 1 aromatic rings. The van der Waals surface area contributed by atoms with Gasteiger partial charge in [0, 0.05) is 17.6 Å². The maximum atomic E-state index is 5.48. The van der Waals surface area contributed by atoms with E-state index in [0.717, 1.165) is 12.2 Å². The van der Waals surface area contributed by atoms with Crippen LogP contribution in [0.15, 0.2) is 24.3 Å². The van der Waals surface area contributed by atoms with Gasteiger partial charge >= 0.3 is 0 Å². The van der Waals surface area contributed by atoms with Gasteiger partial charge in [-0.3, -0.25) is 0 Å². The zero-order chi connectivity index (χ0) is 14.8. The molecule has 0 saturated carbocycles. The highest BCUT2D eigenvalue weighted by molar-refractivity contribution is 5.35. The molecule has 2 atom stereocenters. The SMILES string of the molecule is CCCCCCC(C)NC(CC)c1ccccc1OC. The summed E-state index contributed by atoms with van der Waals surface area (Å²) in [5.74, 6) is 0.991. The van der Waals surface area contributed by atoms with Crippen LogP contribution in [-0.2, 0) is 0 Å². The molecule has 0 aliphatic carbocycles. The molecule has 20 heavy (non-hydrogen) atoms. The Morgan fingerprint density at radius 2 is 1.85 bits per heavy atom. The van der Waals surface area contributed by atoms with E-state index >= 15 is 0 Å². The molecule has 0 amide bonds. The molecule has 0 spiro atoms. The van der Waals surface area contributed by atoms with Gasteiger partial charge in [-0.05, 0) is 25.8 Å². The summed E-state index contributed by atoms with van der Waals surface area (Å²) in [6.45, 7) is 6.79. The summed E-state index contributed by atoms with van der Waals surface area (Å²) in [6.07, 6.45) is 7.68. The number of unbranched alkanes of at least 4 members (excludes halogenated alkanes) is 3. The Hall–Kier alpha value is -1.02. The fraction of sp³-hybridized carbons (Fsp3) is 0.667. The van der Waals surface area contributed by atoms with Crippen molar-refractivity contribution in [2.24, 2.45) is 0 Å². The second kappa shape index (κ2) is 9.82. The molecule has 0 aliphatic heterocycles. The minimum Gasteiger partial charge on any atom is -0.496 e. The molecule has 0 saturated heterocycles. The lowest BCUT2D eigenvalue weighted by Gasteiger charge is -2.24. The van der Waals surface area contributed by atoms with Gasteiger partial charge in [0.25, 0.3) is 0 Å². The first-order valence-corrected chi connectivity index (χ1v) is 8.11. The summed E-state index contributed by atoms with van der Waals surface area (Å²) < 4.78 is 5.48. The molecule has 0 aliphatic rings. The lowest BCUT2D eigenvalue weighted by atomic mass is 10.0. The zero-order valence-corrected chi connectivity index (χ0v) is 13.6. The molecule has 0 fully saturated rings. The molecule has 114 valence electrons. The first-order chi connectivity index (χ1) is 9.72. The van der Waals surface area contributed by atoms with E-state index in [9.17, 15) is 0 Å². The zero-order valence-electron chi connectivity index (χ0n) is 13.6. The Morgan fingerprint density at radius 3 is 2.50 bits per heavy atom. The van der Waals surface area contributed by atoms with E-state index in [1.165, 1.54) is 37.7 Å². The van der Waals surface area contributed by atoms with Crippen molar-refractivity contribution in [1.82, 2.24) is 5.32 Å². The van der Waals surface area contributed by atoms with Crippen LogP contribution < -0.4 is 10.1 Å². The average molecular weight is 277 g/mol. The van der Waals surface area contributed by atoms with Crippen LogP contribution in [0.3, 0.4) is 0 Å². The molecule has 2 heteroatoms. The monoisotopic (exact) mass is 277 g/mol. The van der Waals surface area contributed by atoms with E-state index in [4.69, 9.17) is 4.74 Å². The average Bonchev–Trinajstić information content (AvgIpc) is 2.49. The Labute approximate surface area is 124 Å². The quantitative estimate of drug-likeness (QED) is 0.601. The summed E-state index contributed by atoms with van der Waals surface area (Å²) in [5.41, 5.74) is 1.28. The highest BCUT2D eigenvalue weighted by atomic mass is 16.5. The van der Waals surface area contributed by atoms with Crippen molar-refractivity contribution >= 4 is 0 Å². The normalized spacial score (nSPS) is 14.0. The molecule has 2 unspecified atom stereocenters. The Bertz CT molecular complexity index is 364. The van der Waals surface area contributed by atoms with Gasteiger partial charge in [-0.15, -0.1) is 0 Å². The smallest absolute Gasteiger partial charge is 0.123 e. The number of methoxy groups -OCH3 is 1. The number of benzene rings is 1. The van der Waals surface area contributed by atoms with Gasteiger partial charge in [-0.1, -0.05) is 57.7 Å². The number of nitrogens with one attached hydrogen (secondary N) is 1. The van der Waals surface area contributed by atoms with Gasteiger partial charge in [0.15, 0.2) is 0 Å².